The van der Waals surface area contributed by atoms with Gasteiger partial charge >= 0.3 is 0 Å². The maximum absolute atomic E-state index is 8.72. The lowest BCUT2D eigenvalue weighted by Crippen LogP contribution is -2.21. The molecule has 0 aliphatic heterocycles. The topological polar surface area (TPSA) is 86.2 Å². The van der Waals surface area contributed by atoms with E-state index >= 15 is 0 Å². The quantitative estimate of drug-likeness (QED) is 0.457. The first-order valence-corrected chi connectivity index (χ1v) is 4.27. The van der Waals surface area contributed by atoms with E-state index in [2.05, 4.69) is 4.98 Å². The van der Waals surface area contributed by atoms with E-state index in [0.717, 1.165) is 5.69 Å². The Hall–Kier alpha value is -1.62. The molecule has 1 rings (SSSR count). The summed E-state index contributed by atoms with van der Waals surface area (Å²) in [6.45, 7) is 0.659. The molecule has 0 fully saturated rings. The van der Waals surface area contributed by atoms with Crippen molar-refractivity contribution in [2.75, 3.05) is 25.1 Å². The zero-order chi connectivity index (χ0) is 10.6. The number of likely N-dealkylation sites (N-methyl/N-ethyl adjacent to an activating group) is 1. The molecule has 1 aromatic heterocycles. The summed E-state index contributed by atoms with van der Waals surface area (Å²) >= 11 is 0. The highest BCUT2D eigenvalue weighted by Crippen LogP contribution is 2.10. The molecule has 0 unspecified atom stereocenters. The van der Waals surface area contributed by atoms with E-state index in [1.165, 1.54) is 0 Å². The summed E-state index contributed by atoms with van der Waals surface area (Å²) < 4.78 is 0. The van der Waals surface area contributed by atoms with Gasteiger partial charge < -0.3 is 15.7 Å². The molecular weight excluding hydrogens is 180 g/mol. The van der Waals surface area contributed by atoms with E-state index in [4.69, 9.17) is 16.2 Å². The van der Waals surface area contributed by atoms with E-state index in [1.54, 1.807) is 12.3 Å². The summed E-state index contributed by atoms with van der Waals surface area (Å²) in [6, 6.07) is 3.50. The van der Waals surface area contributed by atoms with Crippen molar-refractivity contribution in [2.45, 2.75) is 0 Å². The number of nitrogens with one attached hydrogen (secondary N) is 1. The number of rotatable bonds is 4. The standard InChI is InChI=1S/C9H14N4O/c1-13(4-5-14)7-2-3-8(9(10)11)12-6-7/h2-3,6,14H,4-5H2,1H3,(H3,10,11). The molecule has 0 radical (unpaired) electrons. The van der Waals surface area contributed by atoms with Crippen molar-refractivity contribution >= 4 is 11.5 Å². The molecule has 0 bridgehead atoms. The third kappa shape index (κ3) is 2.43. The average Bonchev–Trinajstić information content (AvgIpc) is 2.18. The Bertz CT molecular complexity index is 309. The molecule has 0 aromatic carbocycles. The van der Waals surface area contributed by atoms with Crippen LogP contribution in [0.15, 0.2) is 18.3 Å². The Morgan fingerprint density at radius 2 is 2.36 bits per heavy atom. The van der Waals surface area contributed by atoms with Crippen LogP contribution in [0.5, 0.6) is 0 Å². The van der Waals surface area contributed by atoms with Gasteiger partial charge in [0.25, 0.3) is 0 Å². The monoisotopic (exact) mass is 194 g/mol. The van der Waals surface area contributed by atoms with Gasteiger partial charge in [0.05, 0.1) is 18.5 Å². The summed E-state index contributed by atoms with van der Waals surface area (Å²) in [6.07, 6.45) is 1.63. The number of hydrogen-bond acceptors (Lipinski definition) is 4. The molecule has 5 nitrogen and oxygen atoms in total. The van der Waals surface area contributed by atoms with Crippen LogP contribution in [0.25, 0.3) is 0 Å². The fourth-order valence-electron chi connectivity index (χ4n) is 1.05. The summed E-state index contributed by atoms with van der Waals surface area (Å²) in [5.41, 5.74) is 6.62. The van der Waals surface area contributed by atoms with Crippen LogP contribution in [0.2, 0.25) is 0 Å². The predicted octanol–water partition coefficient (Wildman–Crippen LogP) is -0.206. The second-order valence-corrected chi connectivity index (χ2v) is 2.96. The summed E-state index contributed by atoms with van der Waals surface area (Å²) in [5.74, 6) is -0.0404. The molecule has 5 heteroatoms. The van der Waals surface area contributed by atoms with Crippen molar-refractivity contribution < 1.29 is 5.11 Å². The number of nitrogen functional groups attached to an aromatic ring is 1. The first-order valence-electron chi connectivity index (χ1n) is 4.27. The van der Waals surface area contributed by atoms with Crippen LogP contribution in [0.1, 0.15) is 5.69 Å². The van der Waals surface area contributed by atoms with E-state index in [0.29, 0.717) is 12.2 Å². The number of aliphatic hydroxyl groups excluding tert-OH is 1. The van der Waals surface area contributed by atoms with Crippen LogP contribution in [-0.2, 0) is 0 Å². The number of amidine groups is 1. The first kappa shape index (κ1) is 10.5. The lowest BCUT2D eigenvalue weighted by atomic mass is 10.3. The fraction of sp³-hybridized carbons (Fsp3) is 0.333. The van der Waals surface area contributed by atoms with Gasteiger partial charge in [0, 0.05) is 13.6 Å². The van der Waals surface area contributed by atoms with Crippen molar-refractivity contribution in [3.63, 3.8) is 0 Å². The normalized spacial score (nSPS) is 9.86. The molecule has 0 spiro atoms. The molecule has 0 aliphatic carbocycles. The van der Waals surface area contributed by atoms with Gasteiger partial charge in [-0.2, -0.15) is 0 Å². The predicted molar refractivity (Wildman–Crippen MR) is 55.6 cm³/mol. The average molecular weight is 194 g/mol. The molecule has 0 atom stereocenters. The highest BCUT2D eigenvalue weighted by Gasteiger charge is 2.01. The number of anilines is 1. The van der Waals surface area contributed by atoms with Crippen molar-refractivity contribution in [2.24, 2.45) is 5.73 Å². The fourth-order valence-corrected chi connectivity index (χ4v) is 1.05. The van der Waals surface area contributed by atoms with Gasteiger partial charge in [-0.1, -0.05) is 0 Å². The summed E-state index contributed by atoms with van der Waals surface area (Å²) in [4.78, 5) is 5.88. The Balaban J connectivity index is 2.77. The zero-order valence-corrected chi connectivity index (χ0v) is 8.07. The molecular formula is C9H14N4O. The zero-order valence-electron chi connectivity index (χ0n) is 8.07. The largest absolute Gasteiger partial charge is 0.395 e. The lowest BCUT2D eigenvalue weighted by molar-refractivity contribution is 0.304. The Labute approximate surface area is 82.7 Å². The van der Waals surface area contributed by atoms with Gasteiger partial charge in [0.2, 0.25) is 0 Å². The second-order valence-electron chi connectivity index (χ2n) is 2.96. The Morgan fingerprint density at radius 1 is 1.64 bits per heavy atom. The number of pyridine rings is 1. The minimum absolute atomic E-state index is 0.0404. The van der Waals surface area contributed by atoms with Crippen LogP contribution in [0.4, 0.5) is 5.69 Å². The van der Waals surface area contributed by atoms with Crippen LogP contribution in [0, 0.1) is 5.41 Å². The summed E-state index contributed by atoms with van der Waals surface area (Å²) in [5, 5.41) is 15.9. The SMILES string of the molecule is CN(CCO)c1ccc(C(=N)N)nc1. The van der Waals surface area contributed by atoms with Gasteiger partial charge in [0.1, 0.15) is 11.5 Å². The third-order valence-electron chi connectivity index (χ3n) is 1.90. The van der Waals surface area contributed by atoms with Crippen molar-refractivity contribution in [1.29, 1.82) is 5.41 Å². The van der Waals surface area contributed by atoms with Gasteiger partial charge in [-0.15, -0.1) is 0 Å². The van der Waals surface area contributed by atoms with E-state index < -0.39 is 0 Å². The molecule has 14 heavy (non-hydrogen) atoms. The molecule has 0 saturated carbocycles. The Morgan fingerprint density at radius 3 is 2.79 bits per heavy atom. The van der Waals surface area contributed by atoms with Crippen molar-refractivity contribution in [1.82, 2.24) is 4.98 Å². The minimum atomic E-state index is -0.0404. The smallest absolute Gasteiger partial charge is 0.141 e. The molecule has 0 aliphatic rings. The van der Waals surface area contributed by atoms with Crippen LogP contribution in [0.3, 0.4) is 0 Å². The van der Waals surface area contributed by atoms with Crippen molar-refractivity contribution in [3.05, 3.63) is 24.0 Å². The maximum Gasteiger partial charge on any atom is 0.141 e. The van der Waals surface area contributed by atoms with E-state index in [-0.39, 0.29) is 12.4 Å². The molecule has 1 heterocycles. The Kier molecular flexibility index (Phi) is 3.41. The van der Waals surface area contributed by atoms with Gasteiger partial charge in [0.15, 0.2) is 0 Å². The van der Waals surface area contributed by atoms with E-state index in [9.17, 15) is 0 Å². The highest BCUT2D eigenvalue weighted by molar-refractivity contribution is 5.93. The number of nitrogens with zero attached hydrogens (tertiary/aromatic N) is 2. The second kappa shape index (κ2) is 4.57. The van der Waals surface area contributed by atoms with Crippen molar-refractivity contribution in [3.8, 4) is 0 Å². The molecule has 0 amide bonds. The van der Waals surface area contributed by atoms with Crippen LogP contribution >= 0.6 is 0 Å². The third-order valence-corrected chi connectivity index (χ3v) is 1.90. The number of hydrogen-bond donors (Lipinski definition) is 3. The first-order chi connectivity index (χ1) is 6.65. The summed E-state index contributed by atoms with van der Waals surface area (Å²) in [7, 11) is 1.86. The number of nitrogens with two attached hydrogens (primary N) is 1. The van der Waals surface area contributed by atoms with E-state index in [1.807, 2.05) is 18.0 Å². The number of aliphatic hydroxyl groups is 1. The molecule has 4 N–H and O–H groups in total. The molecule has 1 aromatic rings. The minimum Gasteiger partial charge on any atom is -0.395 e. The lowest BCUT2D eigenvalue weighted by Gasteiger charge is -2.17. The molecule has 76 valence electrons. The van der Waals surface area contributed by atoms with Crippen LogP contribution in [-0.4, -0.2) is 36.1 Å². The van der Waals surface area contributed by atoms with Gasteiger partial charge in [-0.05, 0) is 12.1 Å². The van der Waals surface area contributed by atoms with Gasteiger partial charge in [-0.25, -0.2) is 0 Å². The molecule has 0 saturated heterocycles. The van der Waals surface area contributed by atoms with Crippen LogP contribution < -0.4 is 10.6 Å². The highest BCUT2D eigenvalue weighted by atomic mass is 16.3. The van der Waals surface area contributed by atoms with Gasteiger partial charge in [-0.3, -0.25) is 10.4 Å². The maximum atomic E-state index is 8.72. The number of aromatic nitrogens is 1.